The maximum Gasteiger partial charge on any atom is 0.212 e. The summed E-state index contributed by atoms with van der Waals surface area (Å²) in [5.41, 5.74) is 0. The van der Waals surface area contributed by atoms with E-state index in [1.165, 1.54) is 11.3 Å². The number of hydrogen-bond acceptors (Lipinski definition) is 5. The van der Waals surface area contributed by atoms with Gasteiger partial charge in [0.05, 0.1) is 12.3 Å². The largest absolute Gasteiger partial charge is 0.316 e. The number of aromatic nitrogens is 1. The van der Waals surface area contributed by atoms with Gasteiger partial charge in [-0.3, -0.25) is 0 Å². The van der Waals surface area contributed by atoms with E-state index >= 15 is 0 Å². The summed E-state index contributed by atoms with van der Waals surface area (Å²) in [7, 11) is -3.19. The fraction of sp³-hybridized carbons (Fsp3) is 0.727. The molecule has 1 aromatic heterocycles. The minimum atomic E-state index is -3.19. The summed E-state index contributed by atoms with van der Waals surface area (Å²) >= 11 is 1.52. The van der Waals surface area contributed by atoms with Crippen molar-refractivity contribution >= 4 is 21.4 Å². The van der Waals surface area contributed by atoms with E-state index in [-0.39, 0.29) is 11.7 Å². The van der Waals surface area contributed by atoms with Gasteiger partial charge in [0.1, 0.15) is 5.01 Å². The van der Waals surface area contributed by atoms with Crippen molar-refractivity contribution in [2.24, 2.45) is 5.92 Å². The molecule has 1 saturated heterocycles. The predicted molar refractivity (Wildman–Crippen MR) is 73.1 cm³/mol. The van der Waals surface area contributed by atoms with Gasteiger partial charge >= 0.3 is 0 Å². The second-order valence-electron chi connectivity index (χ2n) is 4.68. The minimum absolute atomic E-state index is 0.213. The van der Waals surface area contributed by atoms with Gasteiger partial charge in [-0.1, -0.05) is 0 Å². The van der Waals surface area contributed by atoms with Crippen molar-refractivity contribution in [2.75, 3.05) is 18.8 Å². The second-order valence-corrected chi connectivity index (χ2v) is 7.85. The second kappa shape index (κ2) is 6.10. The Balaban J connectivity index is 1.83. The van der Waals surface area contributed by atoms with Crippen LogP contribution in [-0.4, -0.2) is 32.2 Å². The third-order valence-corrected chi connectivity index (χ3v) is 5.37. The molecule has 102 valence electrons. The molecule has 5 nitrogen and oxygen atoms in total. The van der Waals surface area contributed by atoms with Crippen LogP contribution < -0.4 is 10.0 Å². The number of aryl methyl sites for hydroxylation is 1. The molecule has 1 aliphatic heterocycles. The molecule has 2 heterocycles. The Morgan fingerprint density at radius 2 is 2.44 bits per heavy atom. The van der Waals surface area contributed by atoms with Crippen molar-refractivity contribution in [2.45, 2.75) is 26.3 Å². The van der Waals surface area contributed by atoms with Crippen LogP contribution >= 0.6 is 11.3 Å². The summed E-state index contributed by atoms with van der Waals surface area (Å²) in [5.74, 6) is 0.443. The molecular formula is C11H19N3O2S2. The SMILES string of the molecule is Cc1cnc(CNS(=O)(=O)CC2CCCNC2)s1. The van der Waals surface area contributed by atoms with Gasteiger partial charge in [0.2, 0.25) is 10.0 Å². The monoisotopic (exact) mass is 289 g/mol. The van der Waals surface area contributed by atoms with Gasteiger partial charge in [0.15, 0.2) is 0 Å². The molecule has 0 spiro atoms. The molecule has 0 radical (unpaired) electrons. The summed E-state index contributed by atoms with van der Waals surface area (Å²) in [6.07, 6.45) is 3.81. The smallest absolute Gasteiger partial charge is 0.212 e. The normalized spacial score (nSPS) is 21.1. The minimum Gasteiger partial charge on any atom is -0.316 e. The standard InChI is InChI=1S/C11H19N3O2S2/c1-9-5-13-11(17-9)7-14-18(15,16)8-10-3-2-4-12-6-10/h5,10,12,14H,2-4,6-8H2,1H3. The number of nitrogens with one attached hydrogen (secondary N) is 2. The zero-order chi connectivity index (χ0) is 13.0. The number of sulfonamides is 1. The van der Waals surface area contributed by atoms with Crippen LogP contribution in [0.1, 0.15) is 22.7 Å². The van der Waals surface area contributed by atoms with Crippen LogP contribution in [0.4, 0.5) is 0 Å². The Morgan fingerprint density at radius 1 is 1.61 bits per heavy atom. The lowest BCUT2D eigenvalue weighted by molar-refractivity contribution is 0.402. The lowest BCUT2D eigenvalue weighted by Gasteiger charge is -2.22. The molecule has 1 unspecified atom stereocenters. The van der Waals surface area contributed by atoms with Crippen molar-refractivity contribution in [3.05, 3.63) is 16.1 Å². The van der Waals surface area contributed by atoms with Crippen LogP contribution in [0.15, 0.2) is 6.20 Å². The molecule has 0 amide bonds. The summed E-state index contributed by atoms with van der Waals surface area (Å²) in [6, 6.07) is 0. The molecule has 2 N–H and O–H groups in total. The van der Waals surface area contributed by atoms with E-state index in [2.05, 4.69) is 15.0 Å². The van der Waals surface area contributed by atoms with Crippen molar-refractivity contribution in [3.8, 4) is 0 Å². The van der Waals surface area contributed by atoms with Crippen molar-refractivity contribution in [1.82, 2.24) is 15.0 Å². The Labute approximate surface area is 112 Å². The molecule has 1 atom stereocenters. The highest BCUT2D eigenvalue weighted by Crippen LogP contribution is 2.14. The van der Waals surface area contributed by atoms with Crippen molar-refractivity contribution in [3.63, 3.8) is 0 Å². The average Bonchev–Trinajstić information content (AvgIpc) is 2.74. The molecule has 0 bridgehead atoms. The topological polar surface area (TPSA) is 71.1 Å². The molecule has 1 aliphatic rings. The quantitative estimate of drug-likeness (QED) is 0.844. The highest BCUT2D eigenvalue weighted by Gasteiger charge is 2.21. The summed E-state index contributed by atoms with van der Waals surface area (Å²) in [4.78, 5) is 5.24. The lowest BCUT2D eigenvalue weighted by Crippen LogP contribution is -2.37. The summed E-state index contributed by atoms with van der Waals surface area (Å²) in [6.45, 7) is 4.07. The fourth-order valence-electron chi connectivity index (χ4n) is 2.09. The van der Waals surface area contributed by atoms with Crippen LogP contribution in [0.3, 0.4) is 0 Å². The molecule has 0 saturated carbocycles. The molecule has 1 aromatic rings. The molecule has 1 fully saturated rings. The summed E-state index contributed by atoms with van der Waals surface area (Å²) < 4.78 is 26.5. The maximum absolute atomic E-state index is 11.9. The zero-order valence-electron chi connectivity index (χ0n) is 10.5. The first kappa shape index (κ1) is 13.9. The first-order valence-electron chi connectivity index (χ1n) is 6.14. The van der Waals surface area contributed by atoms with Gasteiger partial charge in [-0.25, -0.2) is 18.1 Å². The number of piperidine rings is 1. The molecule has 18 heavy (non-hydrogen) atoms. The predicted octanol–water partition coefficient (Wildman–Crippen LogP) is 0.871. The van der Waals surface area contributed by atoms with Crippen LogP contribution in [-0.2, 0) is 16.6 Å². The van der Waals surface area contributed by atoms with E-state index in [1.807, 2.05) is 6.92 Å². The van der Waals surface area contributed by atoms with Gasteiger partial charge in [0.25, 0.3) is 0 Å². The Bertz CT molecular complexity index is 478. The zero-order valence-corrected chi connectivity index (χ0v) is 12.1. The van der Waals surface area contributed by atoms with Crippen molar-refractivity contribution < 1.29 is 8.42 Å². The van der Waals surface area contributed by atoms with Crippen LogP contribution in [0, 0.1) is 12.8 Å². The first-order chi connectivity index (χ1) is 8.55. The van der Waals surface area contributed by atoms with Gasteiger partial charge < -0.3 is 5.32 Å². The molecule has 0 aliphatic carbocycles. The van der Waals surface area contributed by atoms with E-state index in [1.54, 1.807) is 6.20 Å². The number of hydrogen-bond donors (Lipinski definition) is 2. The van der Waals surface area contributed by atoms with Crippen LogP contribution in [0.5, 0.6) is 0 Å². The third-order valence-electron chi connectivity index (χ3n) is 2.97. The molecule has 2 rings (SSSR count). The fourth-order valence-corrected chi connectivity index (χ4v) is 4.29. The van der Waals surface area contributed by atoms with Gasteiger partial charge in [-0.15, -0.1) is 11.3 Å². The van der Waals surface area contributed by atoms with Crippen LogP contribution in [0.25, 0.3) is 0 Å². The molecular weight excluding hydrogens is 270 g/mol. The number of rotatable bonds is 5. The average molecular weight is 289 g/mol. The Kier molecular flexibility index (Phi) is 4.71. The lowest BCUT2D eigenvalue weighted by atomic mass is 10.0. The third kappa shape index (κ3) is 4.31. The molecule has 7 heteroatoms. The first-order valence-corrected chi connectivity index (χ1v) is 8.61. The number of thiazole rings is 1. The Hall–Kier alpha value is -0.500. The van der Waals surface area contributed by atoms with Gasteiger partial charge in [-0.05, 0) is 38.8 Å². The highest BCUT2D eigenvalue weighted by molar-refractivity contribution is 7.89. The van der Waals surface area contributed by atoms with Crippen molar-refractivity contribution in [1.29, 1.82) is 0 Å². The molecule has 0 aromatic carbocycles. The summed E-state index contributed by atoms with van der Waals surface area (Å²) in [5, 5.41) is 4.05. The Morgan fingerprint density at radius 3 is 3.06 bits per heavy atom. The van der Waals surface area contributed by atoms with E-state index in [0.717, 1.165) is 35.8 Å². The van der Waals surface area contributed by atoms with E-state index < -0.39 is 10.0 Å². The van der Waals surface area contributed by atoms with Gasteiger partial charge in [0, 0.05) is 11.1 Å². The van der Waals surface area contributed by atoms with Gasteiger partial charge in [-0.2, -0.15) is 0 Å². The van der Waals surface area contributed by atoms with E-state index in [9.17, 15) is 8.42 Å². The van der Waals surface area contributed by atoms with E-state index in [0.29, 0.717) is 6.54 Å². The maximum atomic E-state index is 11.9. The highest BCUT2D eigenvalue weighted by atomic mass is 32.2. The van der Waals surface area contributed by atoms with Crippen LogP contribution in [0.2, 0.25) is 0 Å². The van der Waals surface area contributed by atoms with E-state index in [4.69, 9.17) is 0 Å². The number of nitrogens with zero attached hydrogens (tertiary/aromatic N) is 1.